The quantitative estimate of drug-likeness (QED) is 0.487. The number of rotatable bonds is 4. The lowest BCUT2D eigenvalue weighted by molar-refractivity contribution is 0.0728. The smallest absolute Gasteiger partial charge is 0.264 e. The van der Waals surface area contributed by atoms with E-state index in [9.17, 15) is 4.79 Å². The Kier molecular flexibility index (Phi) is 4.72. The highest BCUT2D eigenvalue weighted by Gasteiger charge is 2.28. The zero-order valence-corrected chi connectivity index (χ0v) is 18.1. The van der Waals surface area contributed by atoms with Crippen LogP contribution in [0.4, 0.5) is 11.4 Å². The van der Waals surface area contributed by atoms with Crippen LogP contribution in [0.3, 0.4) is 0 Å². The van der Waals surface area contributed by atoms with E-state index in [1.165, 1.54) is 28.0 Å². The van der Waals surface area contributed by atoms with Gasteiger partial charge in [0.15, 0.2) is 0 Å². The van der Waals surface area contributed by atoms with Crippen molar-refractivity contribution >= 4 is 49.7 Å². The summed E-state index contributed by atoms with van der Waals surface area (Å²) in [5.41, 5.74) is 6.40. The lowest BCUT2D eigenvalue weighted by Gasteiger charge is -2.14. The minimum absolute atomic E-state index is 0.0587. The predicted molar refractivity (Wildman–Crippen MR) is 122 cm³/mol. The van der Waals surface area contributed by atoms with Gasteiger partial charge >= 0.3 is 0 Å². The lowest BCUT2D eigenvalue weighted by Crippen LogP contribution is -2.29. The Labute approximate surface area is 178 Å². The van der Waals surface area contributed by atoms with Gasteiger partial charge in [0.1, 0.15) is 0 Å². The van der Waals surface area contributed by atoms with Crippen LogP contribution in [0, 0.1) is 13.8 Å². The molecule has 154 valence electrons. The number of anilines is 2. The van der Waals surface area contributed by atoms with E-state index in [0.717, 1.165) is 45.0 Å². The topological polar surface area (TPSA) is 70.2 Å². The molecule has 4 aromatic rings. The number of nitrogens with zero attached hydrogens (tertiary/aromatic N) is 2. The number of fused-ring (bicyclic) bond motifs is 2. The number of methoxy groups -OCH3 is 1. The third-order valence-electron chi connectivity index (χ3n) is 5.98. The summed E-state index contributed by atoms with van der Waals surface area (Å²) >= 11 is 1.49. The second-order valence-corrected chi connectivity index (χ2v) is 8.89. The van der Waals surface area contributed by atoms with E-state index in [1.807, 2.05) is 17.0 Å². The molecule has 0 unspecified atom stereocenters. The van der Waals surface area contributed by atoms with E-state index < -0.39 is 0 Å². The molecule has 1 atom stereocenters. The molecule has 0 bridgehead atoms. The number of pyridine rings is 1. The van der Waals surface area contributed by atoms with Crippen molar-refractivity contribution in [2.75, 3.05) is 25.5 Å². The molecule has 0 spiro atoms. The Morgan fingerprint density at radius 1 is 1.30 bits per heavy atom. The van der Waals surface area contributed by atoms with Gasteiger partial charge in [0.25, 0.3) is 5.91 Å². The standard InChI is InChI=1S/C23H24N4O2S/c1-13-14(2)25-18-5-4-15(10-17(13)18)26-19-6-8-24-20-11-21(30-22(19)20)23(28)27-9-7-16(12-27)29-3/h4-6,8,10-11,16,25H,7,9,12H2,1-3H3,(H,24,26)/t16-/m0/s1. The van der Waals surface area contributed by atoms with Gasteiger partial charge in [-0.3, -0.25) is 9.78 Å². The minimum Gasteiger partial charge on any atom is -0.380 e. The number of carbonyl (C=O) groups excluding carboxylic acids is 1. The zero-order chi connectivity index (χ0) is 20.8. The number of hydrogen-bond acceptors (Lipinski definition) is 5. The number of ether oxygens (including phenoxy) is 1. The molecular weight excluding hydrogens is 396 g/mol. The number of carbonyl (C=O) groups is 1. The van der Waals surface area contributed by atoms with Crippen LogP contribution >= 0.6 is 11.3 Å². The first kappa shape index (κ1) is 19.1. The SMILES string of the molecule is CO[C@H]1CCN(C(=O)c2cc3nccc(Nc4ccc5[nH]c(C)c(C)c5c4)c3s2)C1. The normalized spacial score (nSPS) is 16.6. The van der Waals surface area contributed by atoms with Crippen molar-refractivity contribution in [3.8, 4) is 0 Å². The van der Waals surface area contributed by atoms with Crippen LogP contribution in [0.2, 0.25) is 0 Å². The van der Waals surface area contributed by atoms with Crippen molar-refractivity contribution in [1.82, 2.24) is 14.9 Å². The van der Waals surface area contributed by atoms with Crippen LogP contribution in [0.5, 0.6) is 0 Å². The third-order valence-corrected chi connectivity index (χ3v) is 7.12. The van der Waals surface area contributed by atoms with Crippen molar-refractivity contribution in [2.45, 2.75) is 26.4 Å². The molecule has 0 saturated carbocycles. The molecule has 1 aliphatic rings. The first-order chi connectivity index (χ1) is 14.5. The highest BCUT2D eigenvalue weighted by Crippen LogP contribution is 2.34. The number of aromatic nitrogens is 2. The monoisotopic (exact) mass is 420 g/mol. The van der Waals surface area contributed by atoms with E-state index in [1.54, 1.807) is 13.3 Å². The summed E-state index contributed by atoms with van der Waals surface area (Å²) in [4.78, 5) is 23.4. The van der Waals surface area contributed by atoms with E-state index in [-0.39, 0.29) is 12.0 Å². The number of aromatic amines is 1. The molecular formula is C23H24N4O2S. The van der Waals surface area contributed by atoms with Crippen LogP contribution < -0.4 is 5.32 Å². The molecule has 6 nitrogen and oxygen atoms in total. The van der Waals surface area contributed by atoms with Crippen LogP contribution in [-0.2, 0) is 4.74 Å². The van der Waals surface area contributed by atoms with Gasteiger partial charge in [-0.25, -0.2) is 0 Å². The molecule has 2 N–H and O–H groups in total. The number of benzene rings is 1. The van der Waals surface area contributed by atoms with Crippen molar-refractivity contribution in [2.24, 2.45) is 0 Å². The Morgan fingerprint density at radius 3 is 2.97 bits per heavy atom. The fourth-order valence-electron chi connectivity index (χ4n) is 4.10. The molecule has 30 heavy (non-hydrogen) atoms. The Hall–Kier alpha value is -2.90. The van der Waals surface area contributed by atoms with Crippen molar-refractivity contribution < 1.29 is 9.53 Å². The number of likely N-dealkylation sites (tertiary alicyclic amines) is 1. The van der Waals surface area contributed by atoms with E-state index >= 15 is 0 Å². The Morgan fingerprint density at radius 2 is 2.17 bits per heavy atom. The number of nitrogens with one attached hydrogen (secondary N) is 2. The van der Waals surface area contributed by atoms with Crippen molar-refractivity contribution in [3.05, 3.63) is 52.7 Å². The summed E-state index contributed by atoms with van der Waals surface area (Å²) in [6.07, 6.45) is 2.81. The summed E-state index contributed by atoms with van der Waals surface area (Å²) in [6, 6.07) is 10.2. The summed E-state index contributed by atoms with van der Waals surface area (Å²) in [7, 11) is 1.70. The number of H-pyrrole nitrogens is 1. The van der Waals surface area contributed by atoms with Crippen molar-refractivity contribution in [3.63, 3.8) is 0 Å². The molecule has 0 radical (unpaired) electrons. The Balaban J connectivity index is 1.45. The maximum absolute atomic E-state index is 13.0. The van der Waals surface area contributed by atoms with Crippen LogP contribution in [0.15, 0.2) is 36.5 Å². The molecule has 1 amide bonds. The molecule has 5 rings (SSSR count). The molecule has 1 saturated heterocycles. The van der Waals surface area contributed by atoms with Gasteiger partial charge in [0, 0.05) is 48.7 Å². The molecule has 7 heteroatoms. The molecule has 1 aromatic carbocycles. The minimum atomic E-state index is 0.0587. The molecule has 4 heterocycles. The zero-order valence-electron chi connectivity index (χ0n) is 17.3. The van der Waals surface area contributed by atoms with Gasteiger partial charge in [-0.2, -0.15) is 0 Å². The number of aryl methyl sites for hydroxylation is 2. The van der Waals surface area contributed by atoms with E-state index in [4.69, 9.17) is 4.74 Å². The third kappa shape index (κ3) is 3.24. The molecule has 3 aromatic heterocycles. The van der Waals surface area contributed by atoms with Gasteiger partial charge in [-0.1, -0.05) is 0 Å². The van der Waals surface area contributed by atoms with Gasteiger partial charge in [0.05, 0.1) is 26.9 Å². The maximum Gasteiger partial charge on any atom is 0.264 e. The highest BCUT2D eigenvalue weighted by atomic mass is 32.1. The Bertz CT molecular complexity index is 1260. The largest absolute Gasteiger partial charge is 0.380 e. The molecule has 1 fully saturated rings. The van der Waals surface area contributed by atoms with Gasteiger partial charge in [-0.15, -0.1) is 11.3 Å². The average molecular weight is 421 g/mol. The van der Waals surface area contributed by atoms with Crippen LogP contribution in [0.1, 0.15) is 27.3 Å². The predicted octanol–water partition coefficient (Wildman–Crippen LogP) is 5.00. The fraction of sp³-hybridized carbons (Fsp3) is 0.304. The van der Waals surface area contributed by atoms with E-state index in [0.29, 0.717) is 6.54 Å². The van der Waals surface area contributed by atoms with Crippen LogP contribution in [0.25, 0.3) is 21.1 Å². The summed E-state index contributed by atoms with van der Waals surface area (Å²) in [6.45, 7) is 5.61. The van der Waals surface area contributed by atoms with Gasteiger partial charge < -0.3 is 19.9 Å². The maximum atomic E-state index is 13.0. The number of thiophene rings is 1. The van der Waals surface area contributed by atoms with Crippen LogP contribution in [-0.4, -0.2) is 47.1 Å². The molecule has 0 aliphatic carbocycles. The molecule has 1 aliphatic heterocycles. The van der Waals surface area contributed by atoms with Crippen molar-refractivity contribution in [1.29, 1.82) is 0 Å². The summed E-state index contributed by atoms with van der Waals surface area (Å²) in [5.74, 6) is 0.0587. The highest BCUT2D eigenvalue weighted by molar-refractivity contribution is 7.21. The van der Waals surface area contributed by atoms with Gasteiger partial charge in [-0.05, 0) is 56.2 Å². The average Bonchev–Trinajstić information content (AvgIpc) is 3.46. The number of amides is 1. The summed E-state index contributed by atoms with van der Waals surface area (Å²) in [5, 5.41) is 4.74. The fourth-order valence-corrected chi connectivity index (χ4v) is 5.15. The first-order valence-corrected chi connectivity index (χ1v) is 10.9. The lowest BCUT2D eigenvalue weighted by atomic mass is 10.1. The van der Waals surface area contributed by atoms with Gasteiger partial charge in [0.2, 0.25) is 0 Å². The second-order valence-electron chi connectivity index (χ2n) is 7.84. The van der Waals surface area contributed by atoms with E-state index in [2.05, 4.69) is 47.3 Å². The summed E-state index contributed by atoms with van der Waals surface area (Å²) < 4.78 is 6.39. The first-order valence-electron chi connectivity index (χ1n) is 10.1. The second kappa shape index (κ2) is 7.41. The number of hydrogen-bond donors (Lipinski definition) is 2.